The third-order valence-electron chi connectivity index (χ3n) is 2.68. The Balaban J connectivity index is 5.06. The van der Waals surface area contributed by atoms with E-state index in [0.29, 0.717) is 5.75 Å². The lowest BCUT2D eigenvalue weighted by Gasteiger charge is -2.33. The van der Waals surface area contributed by atoms with E-state index in [4.69, 9.17) is 16.3 Å². The van der Waals surface area contributed by atoms with Gasteiger partial charge in [0.25, 0.3) is 0 Å². The first-order valence-electron chi connectivity index (χ1n) is 6.83. The molecule has 1 atom stereocenters. The number of ether oxygens (including phenoxy) is 1. The van der Waals surface area contributed by atoms with Crippen molar-refractivity contribution in [2.45, 2.75) is 33.1 Å². The second-order valence-corrected chi connectivity index (χ2v) is 9.68. The summed E-state index contributed by atoms with van der Waals surface area (Å²) in [4.78, 5) is 23.7. The Morgan fingerprint density at radius 2 is 1.81 bits per heavy atom. The first-order chi connectivity index (χ1) is 9.84. The summed E-state index contributed by atoms with van der Waals surface area (Å²) < 4.78 is 20.2. The van der Waals surface area contributed by atoms with Gasteiger partial charge in [0.15, 0.2) is 0 Å². The molecule has 0 heterocycles. The van der Waals surface area contributed by atoms with Crippen LogP contribution in [-0.2, 0) is 14.1 Å². The topological polar surface area (TPSA) is 66.9 Å². The lowest BCUT2D eigenvalue weighted by atomic mass is 10.4. The summed E-state index contributed by atoms with van der Waals surface area (Å²) in [6.07, 6.45) is 1.72. The highest BCUT2D eigenvalue weighted by Crippen LogP contribution is 2.63. The predicted octanol–water partition coefficient (Wildman–Crippen LogP) is 3.80. The number of carbonyl (C=O) groups excluding carboxylic acids is 2. The van der Waals surface area contributed by atoms with Crippen LogP contribution in [0, 0.1) is 0 Å². The van der Waals surface area contributed by atoms with Gasteiger partial charge in [0, 0.05) is 19.8 Å². The molecule has 6 nitrogen and oxygen atoms in total. The number of rotatable bonds is 9. The van der Waals surface area contributed by atoms with Gasteiger partial charge in [0.2, 0.25) is 5.91 Å². The molecule has 9 heteroatoms. The van der Waals surface area contributed by atoms with E-state index < -0.39 is 18.6 Å². The normalized spacial score (nSPS) is 13.4. The van der Waals surface area contributed by atoms with Crippen LogP contribution >= 0.6 is 29.6 Å². The molecule has 0 aliphatic heterocycles. The van der Waals surface area contributed by atoms with E-state index in [0.717, 1.165) is 40.0 Å². The van der Waals surface area contributed by atoms with E-state index >= 15 is 0 Å². The minimum Gasteiger partial charge on any atom is -0.449 e. The molecule has 0 saturated carbocycles. The molecule has 1 unspecified atom stereocenters. The van der Waals surface area contributed by atoms with Crippen molar-refractivity contribution in [3.63, 3.8) is 0 Å². The zero-order chi connectivity index (χ0) is 16.5. The highest BCUT2D eigenvalue weighted by molar-refractivity contribution is 8.56. The molecule has 0 N–H and O–H groups in total. The first-order valence-corrected chi connectivity index (χ1v) is 10.6. The van der Waals surface area contributed by atoms with Crippen LogP contribution in [0.5, 0.6) is 0 Å². The Bertz CT molecular complexity index is 397. The van der Waals surface area contributed by atoms with Crippen molar-refractivity contribution in [3.05, 3.63) is 0 Å². The molecule has 0 aromatic rings. The molecule has 0 aliphatic rings. The van der Waals surface area contributed by atoms with Gasteiger partial charge < -0.3 is 4.74 Å². The van der Waals surface area contributed by atoms with Crippen LogP contribution in [-0.4, -0.2) is 53.7 Å². The first kappa shape index (κ1) is 20.6. The van der Waals surface area contributed by atoms with Gasteiger partial charge in [-0.1, -0.05) is 31.7 Å². The van der Waals surface area contributed by atoms with Crippen molar-refractivity contribution in [1.29, 1.82) is 0 Å². The van der Waals surface area contributed by atoms with Crippen LogP contribution in [0.3, 0.4) is 0 Å². The zero-order valence-electron chi connectivity index (χ0n) is 13.0. The zero-order valence-corrected chi connectivity index (χ0v) is 15.5. The molecule has 0 aliphatic carbocycles. The quantitative estimate of drug-likeness (QED) is 0.356. The molecule has 0 radical (unpaired) electrons. The molecular formula is C12H24ClN2O4PS. The van der Waals surface area contributed by atoms with Crippen molar-refractivity contribution < 1.29 is 18.9 Å². The summed E-state index contributed by atoms with van der Waals surface area (Å²) in [5.41, 5.74) is 0. The second kappa shape index (κ2) is 10.4. The van der Waals surface area contributed by atoms with Gasteiger partial charge in [-0.3, -0.25) is 14.0 Å². The van der Waals surface area contributed by atoms with Crippen LogP contribution in [0.4, 0.5) is 4.79 Å². The number of amides is 2. The second-order valence-electron chi connectivity index (χ2n) is 4.37. The Morgan fingerprint density at radius 3 is 2.29 bits per heavy atom. The number of hydrogen-bond donors (Lipinski definition) is 0. The molecule has 0 fully saturated rings. The summed E-state index contributed by atoms with van der Waals surface area (Å²) in [7, 11) is 2.78. The fourth-order valence-electron chi connectivity index (χ4n) is 1.31. The van der Waals surface area contributed by atoms with Crippen molar-refractivity contribution in [2.75, 3.05) is 32.3 Å². The van der Waals surface area contributed by atoms with Gasteiger partial charge in [-0.15, -0.1) is 11.6 Å². The molecule has 21 heavy (non-hydrogen) atoms. The maximum Gasteiger partial charge on any atom is 0.416 e. The highest BCUT2D eigenvalue weighted by Gasteiger charge is 2.39. The molecule has 0 saturated heterocycles. The molecule has 0 aromatic carbocycles. The van der Waals surface area contributed by atoms with Crippen molar-refractivity contribution in [3.8, 4) is 0 Å². The summed E-state index contributed by atoms with van der Waals surface area (Å²) in [5, 5.41) is 0. The minimum atomic E-state index is -3.42. The monoisotopic (exact) mass is 358 g/mol. The van der Waals surface area contributed by atoms with Crippen LogP contribution in [0.1, 0.15) is 33.1 Å². The number of nitrogens with zero attached hydrogens (tertiary/aromatic N) is 2. The largest absolute Gasteiger partial charge is 0.449 e. The molecule has 124 valence electrons. The van der Waals surface area contributed by atoms with Gasteiger partial charge in [0.05, 0.1) is 6.61 Å². The molecule has 0 spiro atoms. The lowest BCUT2D eigenvalue weighted by Crippen LogP contribution is -2.34. The van der Waals surface area contributed by atoms with E-state index in [1.165, 1.54) is 14.1 Å². The summed E-state index contributed by atoms with van der Waals surface area (Å²) >= 11 is 6.60. The Morgan fingerprint density at radius 1 is 1.19 bits per heavy atom. The van der Waals surface area contributed by atoms with E-state index in [1.54, 1.807) is 0 Å². The number of halogens is 1. The third kappa shape index (κ3) is 6.09. The van der Waals surface area contributed by atoms with Crippen LogP contribution in [0.2, 0.25) is 0 Å². The number of hydrogen-bond acceptors (Lipinski definition) is 5. The lowest BCUT2D eigenvalue weighted by molar-refractivity contribution is -0.123. The van der Waals surface area contributed by atoms with Gasteiger partial charge >= 0.3 is 12.7 Å². The molecule has 0 bridgehead atoms. The van der Waals surface area contributed by atoms with E-state index in [9.17, 15) is 14.2 Å². The van der Waals surface area contributed by atoms with Crippen LogP contribution in [0.25, 0.3) is 0 Å². The Kier molecular flexibility index (Phi) is 10.2. The van der Waals surface area contributed by atoms with Crippen molar-refractivity contribution >= 4 is 41.6 Å². The van der Waals surface area contributed by atoms with E-state index in [1.807, 2.05) is 13.8 Å². The fourth-order valence-corrected chi connectivity index (χ4v) is 6.13. The van der Waals surface area contributed by atoms with Crippen molar-refractivity contribution in [1.82, 2.24) is 9.34 Å². The van der Waals surface area contributed by atoms with E-state index in [-0.39, 0.29) is 12.5 Å². The molecule has 2 amide bonds. The highest BCUT2D eigenvalue weighted by atomic mass is 35.5. The van der Waals surface area contributed by atoms with Gasteiger partial charge in [-0.2, -0.15) is 0 Å². The Hall–Kier alpha value is -0.390. The number of carbonyl (C=O) groups is 2. The van der Waals surface area contributed by atoms with Gasteiger partial charge in [0.1, 0.15) is 5.88 Å². The van der Waals surface area contributed by atoms with Gasteiger partial charge in [-0.05, 0) is 12.8 Å². The Labute approximate surface area is 135 Å². The van der Waals surface area contributed by atoms with Crippen LogP contribution < -0.4 is 0 Å². The molecule has 0 aromatic heterocycles. The molecular weight excluding hydrogens is 335 g/mol. The average molecular weight is 359 g/mol. The third-order valence-corrected chi connectivity index (χ3v) is 8.77. The minimum absolute atomic E-state index is 0.269. The van der Waals surface area contributed by atoms with Gasteiger partial charge in [-0.25, -0.2) is 9.46 Å². The van der Waals surface area contributed by atoms with E-state index in [2.05, 4.69) is 0 Å². The maximum absolute atomic E-state index is 13.1. The standard InChI is InChI=1S/C12H24ClN2O4PS/c1-5-7-8-19-12(17)15(4)20(18,21-9-6-2)14(3)11(16)10-13/h5-10H2,1-4H3. The SMILES string of the molecule is CCCCOC(=O)N(C)P(=O)(SCCC)N(C)C(=O)CCl. The van der Waals surface area contributed by atoms with Crippen molar-refractivity contribution in [2.24, 2.45) is 0 Å². The predicted molar refractivity (Wildman–Crippen MR) is 87.9 cm³/mol. The summed E-state index contributed by atoms with van der Waals surface area (Å²) in [6.45, 7) is 0.758. The molecule has 0 rings (SSSR count). The number of unbranched alkanes of at least 4 members (excludes halogenated alkanes) is 1. The fraction of sp³-hybridized carbons (Fsp3) is 0.833. The van der Waals surface area contributed by atoms with Crippen LogP contribution in [0.15, 0.2) is 0 Å². The number of alkyl halides is 1. The summed E-state index contributed by atoms with van der Waals surface area (Å²) in [5.74, 6) is -0.216. The maximum atomic E-state index is 13.1. The summed E-state index contributed by atoms with van der Waals surface area (Å²) in [6, 6.07) is 0. The average Bonchev–Trinajstić information content (AvgIpc) is 2.50. The smallest absolute Gasteiger partial charge is 0.416 e.